The van der Waals surface area contributed by atoms with Gasteiger partial charge in [-0.1, -0.05) is 111 Å². The van der Waals surface area contributed by atoms with E-state index in [2.05, 4.69) is 85.6 Å². The first-order valence-corrected chi connectivity index (χ1v) is 12.6. The predicted octanol–water partition coefficient (Wildman–Crippen LogP) is 9.82. The van der Waals surface area contributed by atoms with Gasteiger partial charge in [0.05, 0.1) is 0 Å². The van der Waals surface area contributed by atoms with Crippen LogP contribution >= 0.6 is 0 Å². The first-order valence-electron chi connectivity index (χ1n) is 12.6. The number of benzene rings is 2. The number of aryl methyl sites for hydroxylation is 3. The van der Waals surface area contributed by atoms with Crippen LogP contribution in [0.15, 0.2) is 103 Å². The highest BCUT2D eigenvalue weighted by atomic mass is 16.3. The van der Waals surface area contributed by atoms with Crippen molar-refractivity contribution in [3.63, 3.8) is 0 Å². The van der Waals surface area contributed by atoms with Crippen molar-refractivity contribution in [3.8, 4) is 0 Å². The molecule has 0 unspecified atom stereocenters. The summed E-state index contributed by atoms with van der Waals surface area (Å²) in [6.45, 7) is 25.6. The Bertz CT molecular complexity index is 1070. The second-order valence-electron chi connectivity index (χ2n) is 8.96. The van der Waals surface area contributed by atoms with Gasteiger partial charge < -0.3 is 10.8 Å². The SMILES string of the molecule is C=C(N)CC(=C(C)C)c1cc(C)ccc1C.C=C(O)c1ccc(CC)cc1.C=C/C=C(\C=C/C)CC. The van der Waals surface area contributed by atoms with Crippen LogP contribution in [0, 0.1) is 13.8 Å². The summed E-state index contributed by atoms with van der Waals surface area (Å²) >= 11 is 0. The fourth-order valence-electron chi connectivity index (χ4n) is 3.42. The molecular formula is C34H47NO. The first kappa shape index (κ1) is 32.5. The Hall–Kier alpha value is -3.52. The normalized spacial score (nSPS) is 10.5. The van der Waals surface area contributed by atoms with E-state index in [1.807, 2.05) is 49.4 Å². The molecule has 2 aromatic carbocycles. The van der Waals surface area contributed by atoms with Gasteiger partial charge in [-0.3, -0.25) is 0 Å². The summed E-state index contributed by atoms with van der Waals surface area (Å²) in [5.74, 6) is 0.132. The van der Waals surface area contributed by atoms with Gasteiger partial charge in [0.25, 0.3) is 0 Å². The second kappa shape index (κ2) is 17.8. The van der Waals surface area contributed by atoms with Crippen LogP contribution in [-0.2, 0) is 6.42 Å². The van der Waals surface area contributed by atoms with Crippen LogP contribution in [-0.4, -0.2) is 5.11 Å². The lowest BCUT2D eigenvalue weighted by atomic mass is 9.92. The number of nitrogens with two attached hydrogens (primary N) is 1. The molecule has 0 spiro atoms. The summed E-state index contributed by atoms with van der Waals surface area (Å²) in [7, 11) is 0. The zero-order valence-electron chi connectivity index (χ0n) is 23.6. The summed E-state index contributed by atoms with van der Waals surface area (Å²) in [4.78, 5) is 0. The molecule has 0 atom stereocenters. The number of aliphatic hydroxyl groups excluding tert-OH is 1. The molecule has 194 valence electrons. The van der Waals surface area contributed by atoms with Gasteiger partial charge in [-0.15, -0.1) is 0 Å². The highest BCUT2D eigenvalue weighted by Crippen LogP contribution is 2.27. The first-order chi connectivity index (χ1) is 17.0. The van der Waals surface area contributed by atoms with Gasteiger partial charge in [0.15, 0.2) is 0 Å². The molecule has 0 aliphatic carbocycles. The molecule has 3 N–H and O–H groups in total. The molecule has 2 nitrogen and oxygen atoms in total. The van der Waals surface area contributed by atoms with Crippen molar-refractivity contribution in [2.24, 2.45) is 5.73 Å². The van der Waals surface area contributed by atoms with Crippen LogP contribution in [0.25, 0.3) is 11.3 Å². The Morgan fingerprint density at radius 2 is 1.61 bits per heavy atom. The van der Waals surface area contributed by atoms with Crippen LogP contribution in [0.2, 0.25) is 0 Å². The maximum atomic E-state index is 8.99. The average molecular weight is 486 g/mol. The van der Waals surface area contributed by atoms with E-state index in [4.69, 9.17) is 10.8 Å². The zero-order valence-corrected chi connectivity index (χ0v) is 23.6. The van der Waals surface area contributed by atoms with Gasteiger partial charge >= 0.3 is 0 Å². The molecule has 36 heavy (non-hydrogen) atoms. The number of aliphatic hydroxyl groups is 1. The minimum absolute atomic E-state index is 0.132. The van der Waals surface area contributed by atoms with Crippen LogP contribution in [0.5, 0.6) is 0 Å². The van der Waals surface area contributed by atoms with Crippen molar-refractivity contribution in [2.45, 2.75) is 67.7 Å². The Labute approximate surface area is 221 Å². The molecule has 0 aromatic heterocycles. The molecule has 0 saturated carbocycles. The predicted molar refractivity (Wildman–Crippen MR) is 163 cm³/mol. The second-order valence-corrected chi connectivity index (χ2v) is 8.96. The topological polar surface area (TPSA) is 46.2 Å². The van der Waals surface area contributed by atoms with Crippen molar-refractivity contribution in [1.82, 2.24) is 0 Å². The molecule has 2 rings (SSSR count). The van der Waals surface area contributed by atoms with Crippen molar-refractivity contribution < 1.29 is 5.11 Å². The number of rotatable bonds is 8. The molecule has 0 aliphatic rings. The van der Waals surface area contributed by atoms with Crippen molar-refractivity contribution >= 4 is 11.3 Å². The number of hydrogen-bond donors (Lipinski definition) is 2. The van der Waals surface area contributed by atoms with Crippen molar-refractivity contribution in [1.29, 1.82) is 0 Å². The lowest BCUT2D eigenvalue weighted by Crippen LogP contribution is -2.00. The van der Waals surface area contributed by atoms with E-state index < -0.39 is 0 Å². The van der Waals surface area contributed by atoms with E-state index in [1.165, 1.54) is 39.0 Å². The van der Waals surface area contributed by atoms with Gasteiger partial charge in [0.1, 0.15) is 5.76 Å². The van der Waals surface area contributed by atoms with Crippen LogP contribution in [0.4, 0.5) is 0 Å². The maximum absolute atomic E-state index is 8.99. The average Bonchev–Trinajstić information content (AvgIpc) is 2.84. The quantitative estimate of drug-likeness (QED) is 0.289. The Morgan fingerprint density at radius 3 is 2.03 bits per heavy atom. The van der Waals surface area contributed by atoms with E-state index >= 15 is 0 Å². The molecule has 0 amide bonds. The number of allylic oxidation sites excluding steroid dienone is 7. The summed E-state index contributed by atoms with van der Waals surface area (Å²) < 4.78 is 0. The third-order valence-corrected chi connectivity index (χ3v) is 5.54. The molecule has 0 aliphatic heterocycles. The molecule has 0 saturated heterocycles. The molecular weight excluding hydrogens is 438 g/mol. The summed E-state index contributed by atoms with van der Waals surface area (Å²) in [5.41, 5.74) is 16.3. The van der Waals surface area contributed by atoms with Crippen molar-refractivity contribution in [3.05, 3.63) is 131 Å². The Balaban J connectivity index is 0.000000538. The molecule has 2 heteroatoms. The fraction of sp³-hybridized carbons (Fsp3) is 0.294. The summed E-state index contributed by atoms with van der Waals surface area (Å²) in [6, 6.07) is 14.3. The molecule has 0 bridgehead atoms. The monoisotopic (exact) mass is 485 g/mol. The molecule has 2 aromatic rings. The lowest BCUT2D eigenvalue weighted by molar-refractivity contribution is 0.514. The van der Waals surface area contributed by atoms with Gasteiger partial charge in [0.2, 0.25) is 0 Å². The molecule has 0 heterocycles. The largest absolute Gasteiger partial charge is 0.508 e. The van der Waals surface area contributed by atoms with Gasteiger partial charge in [-0.05, 0) is 75.3 Å². The zero-order chi connectivity index (χ0) is 27.7. The van der Waals surface area contributed by atoms with Gasteiger partial charge in [0, 0.05) is 17.7 Å². The van der Waals surface area contributed by atoms with E-state index in [0.29, 0.717) is 0 Å². The van der Waals surface area contributed by atoms with Gasteiger partial charge in [-0.25, -0.2) is 0 Å². The minimum atomic E-state index is 0.132. The minimum Gasteiger partial charge on any atom is -0.508 e. The third kappa shape index (κ3) is 12.8. The highest BCUT2D eigenvalue weighted by Gasteiger charge is 2.08. The standard InChI is InChI=1S/C15H21N.C10H12O.C9H14/c1-10(2)14(9-13(5)16)15-8-11(3)6-7-12(15)4;1-3-9-4-6-10(7-5-9)8(2)11;1-4-7-9(6-3)8-5-2/h6-8H,5,9,16H2,1-4H3;4-7,11H,2-3H2,1H3;4-5,7-8H,1,6H2,2-3H3/b;;8-5-,9-7-. The van der Waals surface area contributed by atoms with Crippen LogP contribution < -0.4 is 5.73 Å². The van der Waals surface area contributed by atoms with E-state index in [9.17, 15) is 0 Å². The Kier molecular flexibility index (Phi) is 16.1. The maximum Gasteiger partial charge on any atom is 0.115 e. The van der Waals surface area contributed by atoms with Crippen LogP contribution in [0.1, 0.15) is 75.3 Å². The van der Waals surface area contributed by atoms with Crippen molar-refractivity contribution in [2.75, 3.05) is 0 Å². The van der Waals surface area contributed by atoms with Gasteiger partial charge in [-0.2, -0.15) is 0 Å². The Morgan fingerprint density at radius 1 is 1.00 bits per heavy atom. The van der Waals surface area contributed by atoms with Crippen LogP contribution in [0.3, 0.4) is 0 Å². The molecule has 0 radical (unpaired) electrons. The summed E-state index contributed by atoms with van der Waals surface area (Å²) in [6.07, 6.45) is 10.8. The summed E-state index contributed by atoms with van der Waals surface area (Å²) in [5, 5.41) is 8.99. The third-order valence-electron chi connectivity index (χ3n) is 5.54. The number of hydrogen-bond acceptors (Lipinski definition) is 2. The lowest BCUT2D eigenvalue weighted by Gasteiger charge is -2.14. The fourth-order valence-corrected chi connectivity index (χ4v) is 3.42. The van der Waals surface area contributed by atoms with E-state index in [0.717, 1.165) is 30.5 Å². The molecule has 0 fully saturated rings. The van der Waals surface area contributed by atoms with E-state index in [-0.39, 0.29) is 5.76 Å². The smallest absolute Gasteiger partial charge is 0.115 e. The highest BCUT2D eigenvalue weighted by molar-refractivity contribution is 5.72. The van der Waals surface area contributed by atoms with E-state index in [1.54, 1.807) is 0 Å².